The summed E-state index contributed by atoms with van der Waals surface area (Å²) in [7, 11) is 0. The van der Waals surface area contributed by atoms with Crippen LogP contribution in [-0.4, -0.2) is 10.2 Å². The molecule has 0 spiro atoms. The standard InChI is InChI=1S/C7H6N2O/c1-5-2-6-3-8-9-4-7(6)10-5/h2-4H,1H3. The predicted molar refractivity (Wildman–Crippen MR) is 36.5 cm³/mol. The minimum absolute atomic E-state index is 0.799. The number of nitrogens with zero attached hydrogens (tertiary/aromatic N) is 2. The first-order chi connectivity index (χ1) is 4.86. The zero-order valence-corrected chi connectivity index (χ0v) is 5.53. The van der Waals surface area contributed by atoms with E-state index in [1.54, 1.807) is 12.4 Å². The second-order valence-corrected chi connectivity index (χ2v) is 2.17. The Kier molecular flexibility index (Phi) is 0.974. The highest BCUT2D eigenvalue weighted by Crippen LogP contribution is 2.14. The van der Waals surface area contributed by atoms with Gasteiger partial charge in [0.05, 0.1) is 12.4 Å². The molecule has 0 aliphatic carbocycles. The van der Waals surface area contributed by atoms with Gasteiger partial charge >= 0.3 is 0 Å². The fourth-order valence-electron chi connectivity index (χ4n) is 0.935. The fourth-order valence-corrected chi connectivity index (χ4v) is 0.935. The van der Waals surface area contributed by atoms with Crippen LogP contribution in [0.25, 0.3) is 11.0 Å². The third kappa shape index (κ3) is 0.673. The van der Waals surface area contributed by atoms with Gasteiger partial charge in [-0.05, 0) is 13.0 Å². The SMILES string of the molecule is Cc1cc2cnncc2o1. The van der Waals surface area contributed by atoms with Crippen LogP contribution in [0.5, 0.6) is 0 Å². The second-order valence-electron chi connectivity index (χ2n) is 2.17. The average Bonchev–Trinajstić information content (AvgIpc) is 2.27. The first-order valence-corrected chi connectivity index (χ1v) is 3.03. The van der Waals surface area contributed by atoms with Gasteiger partial charge in [-0.2, -0.15) is 10.2 Å². The van der Waals surface area contributed by atoms with Crippen molar-refractivity contribution in [3.63, 3.8) is 0 Å². The van der Waals surface area contributed by atoms with E-state index in [0.717, 1.165) is 16.7 Å². The Labute approximate surface area is 57.7 Å². The highest BCUT2D eigenvalue weighted by Gasteiger charge is 1.97. The van der Waals surface area contributed by atoms with Crippen molar-refractivity contribution in [2.24, 2.45) is 0 Å². The summed E-state index contributed by atoms with van der Waals surface area (Å²) in [5.74, 6) is 0.893. The third-order valence-corrected chi connectivity index (χ3v) is 1.35. The fraction of sp³-hybridized carbons (Fsp3) is 0.143. The van der Waals surface area contributed by atoms with Crippen molar-refractivity contribution >= 4 is 11.0 Å². The number of hydrogen-bond acceptors (Lipinski definition) is 3. The minimum Gasteiger partial charge on any atom is -0.460 e. The summed E-state index contributed by atoms with van der Waals surface area (Å²) < 4.78 is 5.27. The van der Waals surface area contributed by atoms with E-state index in [1.807, 2.05) is 13.0 Å². The van der Waals surface area contributed by atoms with Gasteiger partial charge in [-0.1, -0.05) is 0 Å². The Balaban J connectivity index is 2.88. The number of aromatic nitrogens is 2. The topological polar surface area (TPSA) is 38.9 Å². The summed E-state index contributed by atoms with van der Waals surface area (Å²) in [6, 6.07) is 1.93. The lowest BCUT2D eigenvalue weighted by atomic mass is 10.3. The second kappa shape index (κ2) is 1.80. The molecule has 0 N–H and O–H groups in total. The van der Waals surface area contributed by atoms with Gasteiger partial charge in [0.25, 0.3) is 0 Å². The summed E-state index contributed by atoms with van der Waals surface area (Å²) in [6.45, 7) is 1.90. The lowest BCUT2D eigenvalue weighted by molar-refractivity contribution is 0.576. The van der Waals surface area contributed by atoms with E-state index in [2.05, 4.69) is 10.2 Å². The number of aryl methyl sites for hydroxylation is 1. The molecule has 0 aliphatic rings. The first kappa shape index (κ1) is 5.41. The van der Waals surface area contributed by atoms with Crippen LogP contribution < -0.4 is 0 Å². The van der Waals surface area contributed by atoms with Crippen LogP contribution >= 0.6 is 0 Å². The molecule has 0 amide bonds. The maximum absolute atomic E-state index is 5.27. The number of hydrogen-bond donors (Lipinski definition) is 0. The van der Waals surface area contributed by atoms with E-state index >= 15 is 0 Å². The van der Waals surface area contributed by atoms with E-state index in [1.165, 1.54) is 0 Å². The van der Waals surface area contributed by atoms with E-state index in [9.17, 15) is 0 Å². The van der Waals surface area contributed by atoms with Gasteiger partial charge < -0.3 is 4.42 Å². The van der Waals surface area contributed by atoms with Crippen molar-refractivity contribution < 1.29 is 4.42 Å². The van der Waals surface area contributed by atoms with E-state index in [4.69, 9.17) is 4.42 Å². The van der Waals surface area contributed by atoms with Gasteiger partial charge in [-0.25, -0.2) is 0 Å². The van der Waals surface area contributed by atoms with Crippen molar-refractivity contribution in [1.82, 2.24) is 10.2 Å². The van der Waals surface area contributed by atoms with Crippen molar-refractivity contribution in [2.45, 2.75) is 6.92 Å². The summed E-state index contributed by atoms with van der Waals surface area (Å²) >= 11 is 0. The number of rotatable bonds is 0. The first-order valence-electron chi connectivity index (χ1n) is 3.03. The molecule has 50 valence electrons. The van der Waals surface area contributed by atoms with Gasteiger partial charge in [0.1, 0.15) is 5.76 Å². The van der Waals surface area contributed by atoms with Crippen LogP contribution in [-0.2, 0) is 0 Å². The highest BCUT2D eigenvalue weighted by atomic mass is 16.3. The molecule has 0 aliphatic heterocycles. The Hall–Kier alpha value is -1.38. The molecule has 3 nitrogen and oxygen atoms in total. The van der Waals surface area contributed by atoms with Gasteiger partial charge in [0, 0.05) is 5.39 Å². The van der Waals surface area contributed by atoms with Crippen LogP contribution in [0.2, 0.25) is 0 Å². The third-order valence-electron chi connectivity index (χ3n) is 1.35. The lowest BCUT2D eigenvalue weighted by Crippen LogP contribution is -1.73. The molecule has 2 aromatic rings. The van der Waals surface area contributed by atoms with E-state index in [-0.39, 0.29) is 0 Å². The zero-order valence-electron chi connectivity index (χ0n) is 5.53. The maximum atomic E-state index is 5.27. The molecule has 3 heteroatoms. The molecular weight excluding hydrogens is 128 g/mol. The van der Waals surface area contributed by atoms with Crippen molar-refractivity contribution in [1.29, 1.82) is 0 Å². The van der Waals surface area contributed by atoms with E-state index in [0.29, 0.717) is 0 Å². The molecule has 0 saturated heterocycles. The van der Waals surface area contributed by atoms with Crippen LogP contribution in [0.1, 0.15) is 5.76 Å². The molecule has 2 heterocycles. The molecule has 2 rings (SSSR count). The normalized spacial score (nSPS) is 10.5. The van der Waals surface area contributed by atoms with Crippen molar-refractivity contribution in [3.05, 3.63) is 24.2 Å². The summed E-state index contributed by atoms with van der Waals surface area (Å²) in [4.78, 5) is 0. The molecule has 0 bridgehead atoms. The summed E-state index contributed by atoms with van der Waals surface area (Å²) in [6.07, 6.45) is 3.30. The van der Waals surface area contributed by atoms with Gasteiger partial charge in [0.15, 0.2) is 5.58 Å². The van der Waals surface area contributed by atoms with Crippen LogP contribution in [0, 0.1) is 6.92 Å². The monoisotopic (exact) mass is 134 g/mol. The van der Waals surface area contributed by atoms with Gasteiger partial charge in [0.2, 0.25) is 0 Å². The van der Waals surface area contributed by atoms with E-state index < -0.39 is 0 Å². The Morgan fingerprint density at radius 2 is 2.10 bits per heavy atom. The van der Waals surface area contributed by atoms with Gasteiger partial charge in [-0.3, -0.25) is 0 Å². The number of furan rings is 1. The van der Waals surface area contributed by atoms with Crippen LogP contribution in [0.4, 0.5) is 0 Å². The largest absolute Gasteiger partial charge is 0.460 e. The Morgan fingerprint density at radius 3 is 2.90 bits per heavy atom. The smallest absolute Gasteiger partial charge is 0.155 e. The predicted octanol–water partition coefficient (Wildman–Crippen LogP) is 1.53. The summed E-state index contributed by atoms with van der Waals surface area (Å²) in [5.41, 5.74) is 0.799. The molecule has 0 saturated carbocycles. The molecular formula is C7H6N2O. The highest BCUT2D eigenvalue weighted by molar-refractivity contribution is 5.75. The molecule has 2 aromatic heterocycles. The minimum atomic E-state index is 0.799. The number of fused-ring (bicyclic) bond motifs is 1. The quantitative estimate of drug-likeness (QED) is 0.548. The maximum Gasteiger partial charge on any atom is 0.155 e. The van der Waals surface area contributed by atoms with Gasteiger partial charge in [-0.15, -0.1) is 0 Å². The zero-order chi connectivity index (χ0) is 6.97. The molecule has 0 atom stereocenters. The van der Waals surface area contributed by atoms with Crippen LogP contribution in [0.3, 0.4) is 0 Å². The molecule has 0 aromatic carbocycles. The Bertz CT molecular complexity index is 320. The van der Waals surface area contributed by atoms with Crippen molar-refractivity contribution in [2.75, 3.05) is 0 Å². The molecule has 10 heavy (non-hydrogen) atoms. The molecule has 0 unspecified atom stereocenters. The lowest BCUT2D eigenvalue weighted by Gasteiger charge is -1.80. The average molecular weight is 134 g/mol. The Morgan fingerprint density at radius 1 is 1.30 bits per heavy atom. The van der Waals surface area contributed by atoms with Crippen LogP contribution in [0.15, 0.2) is 22.9 Å². The molecule has 0 fully saturated rings. The molecule has 0 radical (unpaired) electrons. The van der Waals surface area contributed by atoms with Crippen molar-refractivity contribution in [3.8, 4) is 0 Å². The summed E-state index contributed by atoms with van der Waals surface area (Å²) in [5, 5.41) is 8.41.